The molecule has 0 N–H and O–H groups in total. The van der Waals surface area contributed by atoms with Gasteiger partial charge in [-0.15, -0.1) is 0 Å². The highest BCUT2D eigenvalue weighted by Crippen LogP contribution is 2.40. The fourth-order valence-electron chi connectivity index (χ4n) is 5.28. The van der Waals surface area contributed by atoms with Gasteiger partial charge in [0.15, 0.2) is 0 Å². The predicted molar refractivity (Wildman–Crippen MR) is 138 cm³/mol. The minimum Gasteiger partial charge on any atom is -1.00 e. The highest BCUT2D eigenvalue weighted by molar-refractivity contribution is 5.81. The molecule has 0 aliphatic heterocycles. The van der Waals surface area contributed by atoms with E-state index in [0.717, 1.165) is 24.8 Å². The van der Waals surface area contributed by atoms with E-state index in [2.05, 4.69) is 104 Å². The monoisotopic (exact) mass is 529 g/mol. The van der Waals surface area contributed by atoms with Crippen LogP contribution >= 0.6 is 0 Å². The number of hydrogen-bond donors (Lipinski definition) is 0. The maximum atomic E-state index is 12.9. The van der Waals surface area contributed by atoms with Gasteiger partial charge in [0.05, 0.1) is 20.5 Å². The molecule has 0 fully saturated rings. The average molecular weight is 531 g/mol. The number of halogens is 1. The van der Waals surface area contributed by atoms with Crippen LogP contribution in [-0.4, -0.2) is 30.6 Å². The fraction of sp³-hybridized carbons (Fsp3) is 0.533. The first kappa shape index (κ1) is 30.3. The molecule has 34 heavy (non-hydrogen) atoms. The number of carbonyl (C=O) groups is 2. The van der Waals surface area contributed by atoms with Crippen molar-refractivity contribution in [2.24, 2.45) is 5.41 Å². The second-order valence-corrected chi connectivity index (χ2v) is 12.2. The third-order valence-corrected chi connectivity index (χ3v) is 7.10. The Morgan fingerprint density at radius 1 is 0.853 bits per heavy atom. The Hall–Kier alpha value is -1.78. The first-order valence-electron chi connectivity index (χ1n) is 12.1. The van der Waals surface area contributed by atoms with Gasteiger partial charge in [-0.25, -0.2) is 0 Å². The topological polar surface area (TPSA) is 34.1 Å². The summed E-state index contributed by atoms with van der Waals surface area (Å²) in [5.41, 5.74) is 3.64. The first-order valence-corrected chi connectivity index (χ1v) is 12.1. The second kappa shape index (κ2) is 11.8. The Balaban J connectivity index is 0.00000578. The molecule has 0 aliphatic rings. The Kier molecular flexibility index (Phi) is 10.5. The van der Waals surface area contributed by atoms with Gasteiger partial charge < -0.3 is 26.3 Å². The Morgan fingerprint density at radius 2 is 1.38 bits per heavy atom. The zero-order valence-electron chi connectivity index (χ0n) is 22.5. The third-order valence-electron chi connectivity index (χ3n) is 7.10. The first-order chi connectivity index (χ1) is 15.2. The van der Waals surface area contributed by atoms with Crippen LogP contribution in [-0.2, 0) is 27.1 Å². The maximum Gasteiger partial charge on any atom is 0.139 e. The molecule has 1 unspecified atom stereocenters. The summed E-state index contributed by atoms with van der Waals surface area (Å²) in [6.07, 6.45) is 2.94. The van der Waals surface area contributed by atoms with E-state index in [1.807, 2.05) is 6.07 Å². The average Bonchev–Trinajstić information content (AvgIpc) is 2.71. The van der Waals surface area contributed by atoms with Gasteiger partial charge in [0.1, 0.15) is 24.2 Å². The van der Waals surface area contributed by atoms with Crippen LogP contribution in [0.1, 0.15) is 83.9 Å². The quantitative estimate of drug-likeness (QED) is 0.327. The van der Waals surface area contributed by atoms with E-state index in [1.54, 1.807) is 0 Å². The smallest absolute Gasteiger partial charge is 0.139 e. The molecule has 2 aromatic rings. The van der Waals surface area contributed by atoms with E-state index in [1.165, 1.54) is 11.1 Å². The Labute approximate surface area is 218 Å². The van der Waals surface area contributed by atoms with Crippen molar-refractivity contribution < 1.29 is 31.1 Å². The van der Waals surface area contributed by atoms with Gasteiger partial charge in [0.2, 0.25) is 0 Å². The zero-order valence-corrected chi connectivity index (χ0v) is 24.0. The number of ketones is 1. The molecule has 0 aliphatic carbocycles. The van der Waals surface area contributed by atoms with Crippen LogP contribution in [0.3, 0.4) is 0 Å². The van der Waals surface area contributed by atoms with Gasteiger partial charge in [0, 0.05) is 24.0 Å². The molecular weight excluding hydrogens is 486 g/mol. The largest absolute Gasteiger partial charge is 1.00 e. The highest BCUT2D eigenvalue weighted by Gasteiger charge is 2.44. The highest BCUT2D eigenvalue weighted by atomic mass is 79.9. The normalized spacial score (nSPS) is 14.1. The van der Waals surface area contributed by atoms with Gasteiger partial charge in [-0.2, -0.15) is 0 Å². The minimum absolute atomic E-state index is 0. The molecule has 4 heteroatoms. The Bertz CT molecular complexity index is 927. The molecule has 0 spiro atoms. The number of rotatable bonds is 11. The number of nitrogens with zero attached hydrogens (tertiary/aromatic N) is 1. The van der Waals surface area contributed by atoms with Crippen LogP contribution in [0.15, 0.2) is 54.6 Å². The van der Waals surface area contributed by atoms with Crippen molar-refractivity contribution in [3.05, 3.63) is 71.3 Å². The van der Waals surface area contributed by atoms with Crippen molar-refractivity contribution in [1.29, 1.82) is 0 Å². The second-order valence-electron chi connectivity index (χ2n) is 12.2. The van der Waals surface area contributed by atoms with E-state index >= 15 is 0 Å². The molecule has 0 heterocycles. The van der Waals surface area contributed by atoms with Crippen LogP contribution in [0.5, 0.6) is 0 Å². The summed E-state index contributed by atoms with van der Waals surface area (Å²) in [6, 6.07) is 19.4. The van der Waals surface area contributed by atoms with Gasteiger partial charge >= 0.3 is 0 Å². The number of benzene rings is 2. The lowest BCUT2D eigenvalue weighted by molar-refractivity contribution is -0.959. The van der Waals surface area contributed by atoms with Crippen LogP contribution < -0.4 is 17.0 Å². The maximum absolute atomic E-state index is 12.9. The van der Waals surface area contributed by atoms with Gasteiger partial charge in [-0.05, 0) is 29.7 Å². The predicted octanol–water partition coefficient (Wildman–Crippen LogP) is 3.83. The molecule has 0 radical (unpaired) electrons. The third kappa shape index (κ3) is 7.88. The van der Waals surface area contributed by atoms with Crippen molar-refractivity contribution >= 4 is 12.1 Å². The molecule has 0 saturated carbocycles. The van der Waals surface area contributed by atoms with Crippen molar-refractivity contribution in [2.45, 2.75) is 84.7 Å². The number of carbonyl (C=O) groups excluding carboxylic acids is 2. The molecule has 0 bridgehead atoms. The molecule has 2 rings (SSSR count). The summed E-state index contributed by atoms with van der Waals surface area (Å²) < 4.78 is 0.647. The lowest BCUT2D eigenvalue weighted by atomic mass is 9.71. The fourth-order valence-corrected chi connectivity index (χ4v) is 5.28. The molecule has 3 nitrogen and oxygen atoms in total. The summed E-state index contributed by atoms with van der Waals surface area (Å²) in [7, 11) is 4.41. The zero-order chi connectivity index (χ0) is 24.9. The molecular formula is C30H44BrNO2. The van der Waals surface area contributed by atoms with Gasteiger partial charge in [-0.3, -0.25) is 4.79 Å². The van der Waals surface area contributed by atoms with Crippen LogP contribution in [0, 0.1) is 5.41 Å². The standard InChI is InChI=1S/C30H44NO2.BrH/c1-28(2,3)23-29(4,5)25-16-18-26(19-17-25)30(6,21-27(33)15-12-20-32)31(7,8)22-24-13-10-9-11-14-24;/h9-11,13-14,16-20H,12,15,21-23H2,1-8H3;1H/q+1;/p-1. The van der Waals surface area contributed by atoms with E-state index < -0.39 is 5.54 Å². The number of hydrogen-bond acceptors (Lipinski definition) is 2. The van der Waals surface area contributed by atoms with Crippen molar-refractivity contribution in [3.8, 4) is 0 Å². The molecule has 188 valence electrons. The number of quaternary nitrogens is 1. The van der Waals surface area contributed by atoms with Crippen molar-refractivity contribution in [1.82, 2.24) is 0 Å². The van der Waals surface area contributed by atoms with Crippen LogP contribution in [0.25, 0.3) is 0 Å². The SMILES string of the molecule is CC(C)(C)CC(C)(C)c1ccc(C(C)(CC(=O)CCC=O)[N+](C)(C)Cc2ccccc2)cc1.[Br-]. The van der Waals surface area contributed by atoms with Gasteiger partial charge in [0.25, 0.3) is 0 Å². The van der Waals surface area contributed by atoms with Gasteiger partial charge in [-0.1, -0.05) is 89.2 Å². The molecule has 0 saturated heterocycles. The minimum atomic E-state index is -0.414. The van der Waals surface area contributed by atoms with E-state index in [0.29, 0.717) is 23.7 Å². The molecule has 0 aromatic heterocycles. The summed E-state index contributed by atoms with van der Waals surface area (Å²) in [4.78, 5) is 23.8. The van der Waals surface area contributed by atoms with Crippen LogP contribution in [0.4, 0.5) is 0 Å². The lowest BCUT2D eigenvalue weighted by Gasteiger charge is -2.47. The summed E-state index contributed by atoms with van der Waals surface area (Å²) in [6.45, 7) is 14.5. The van der Waals surface area contributed by atoms with E-state index in [9.17, 15) is 9.59 Å². The summed E-state index contributed by atoms with van der Waals surface area (Å²) in [5, 5.41) is 0. The summed E-state index contributed by atoms with van der Waals surface area (Å²) in [5.74, 6) is 0.140. The molecule has 0 amide bonds. The summed E-state index contributed by atoms with van der Waals surface area (Å²) >= 11 is 0. The lowest BCUT2D eigenvalue weighted by Crippen LogP contribution is -3.00. The number of Topliss-reactive ketones (excluding diaryl/α,β-unsaturated/α-hetero) is 1. The van der Waals surface area contributed by atoms with E-state index in [4.69, 9.17) is 0 Å². The molecule has 1 atom stereocenters. The van der Waals surface area contributed by atoms with Crippen LogP contribution in [0.2, 0.25) is 0 Å². The Morgan fingerprint density at radius 3 is 1.88 bits per heavy atom. The van der Waals surface area contributed by atoms with Crippen molar-refractivity contribution in [3.63, 3.8) is 0 Å². The molecule has 2 aromatic carbocycles. The van der Waals surface area contributed by atoms with E-state index in [-0.39, 0.29) is 33.6 Å². The number of aldehydes is 1. The van der Waals surface area contributed by atoms with Crippen molar-refractivity contribution in [2.75, 3.05) is 14.1 Å².